The van der Waals surface area contributed by atoms with E-state index in [2.05, 4.69) is 21.3 Å². The number of hydrogen-bond acceptors (Lipinski definition) is 7. The molecule has 2 fully saturated rings. The third-order valence-electron chi connectivity index (χ3n) is 6.42. The van der Waals surface area contributed by atoms with Crippen LogP contribution in [0.15, 0.2) is 43.1 Å². The first-order valence-electron chi connectivity index (χ1n) is 10.9. The number of aromatic nitrogens is 6. The quantitative estimate of drug-likeness (QED) is 0.445. The van der Waals surface area contributed by atoms with E-state index in [1.54, 1.807) is 23.0 Å². The molecule has 1 saturated heterocycles. The van der Waals surface area contributed by atoms with Crippen molar-refractivity contribution in [2.24, 2.45) is 0 Å². The highest BCUT2D eigenvalue weighted by atomic mass is 19.1. The lowest BCUT2D eigenvalue weighted by Gasteiger charge is -2.35. The van der Waals surface area contributed by atoms with Gasteiger partial charge < -0.3 is 9.47 Å². The van der Waals surface area contributed by atoms with Crippen molar-refractivity contribution in [1.82, 2.24) is 29.4 Å². The van der Waals surface area contributed by atoms with Crippen LogP contribution in [0.2, 0.25) is 0 Å². The summed E-state index contributed by atoms with van der Waals surface area (Å²) in [4.78, 5) is 8.54. The van der Waals surface area contributed by atoms with Gasteiger partial charge in [-0.15, -0.1) is 0 Å². The fourth-order valence-corrected chi connectivity index (χ4v) is 4.71. The number of halogens is 1. The Bertz CT molecular complexity index is 1360. The Morgan fingerprint density at radius 2 is 1.85 bits per heavy atom. The van der Waals surface area contributed by atoms with Crippen molar-refractivity contribution in [2.45, 2.75) is 37.5 Å². The van der Waals surface area contributed by atoms with Crippen LogP contribution in [0.25, 0.3) is 28.0 Å². The SMILES string of the molecule is N#Cc1cnn2cc(-c3cnn(C4CCC5(CC4)OCCO5)c3)nc(-c3ccc(F)nc3)c12. The van der Waals surface area contributed by atoms with Gasteiger partial charge in [-0.05, 0) is 25.0 Å². The molecular formula is C23H20FN7O2. The highest BCUT2D eigenvalue weighted by molar-refractivity contribution is 5.82. The molecule has 4 aromatic rings. The lowest BCUT2D eigenvalue weighted by atomic mass is 9.90. The number of nitriles is 1. The van der Waals surface area contributed by atoms with E-state index in [1.165, 1.54) is 18.5 Å². The number of rotatable bonds is 3. The smallest absolute Gasteiger partial charge is 0.212 e. The summed E-state index contributed by atoms with van der Waals surface area (Å²) in [5.74, 6) is -0.987. The minimum absolute atomic E-state index is 0.261. The van der Waals surface area contributed by atoms with E-state index in [1.807, 2.05) is 10.9 Å². The minimum Gasteiger partial charge on any atom is -0.348 e. The lowest BCUT2D eigenvalue weighted by Crippen LogP contribution is -2.35. The highest BCUT2D eigenvalue weighted by Crippen LogP contribution is 2.40. The van der Waals surface area contributed by atoms with Gasteiger partial charge in [0.1, 0.15) is 17.1 Å². The number of pyridine rings is 1. The summed E-state index contributed by atoms with van der Waals surface area (Å²) < 4.78 is 28.7. The molecule has 0 amide bonds. The highest BCUT2D eigenvalue weighted by Gasteiger charge is 2.40. The van der Waals surface area contributed by atoms with Crippen LogP contribution >= 0.6 is 0 Å². The molecule has 9 nitrogen and oxygen atoms in total. The first kappa shape index (κ1) is 20.0. The molecule has 0 radical (unpaired) electrons. The molecule has 0 aromatic carbocycles. The van der Waals surface area contributed by atoms with Crippen molar-refractivity contribution in [3.8, 4) is 28.6 Å². The molecule has 2 aliphatic rings. The fraction of sp³-hybridized carbons (Fsp3) is 0.348. The van der Waals surface area contributed by atoms with Gasteiger partial charge in [-0.3, -0.25) is 4.68 Å². The summed E-state index contributed by atoms with van der Waals surface area (Å²) in [6.45, 7) is 1.33. The second-order valence-corrected chi connectivity index (χ2v) is 8.36. The molecule has 10 heteroatoms. The average Bonchev–Trinajstić information content (AvgIpc) is 3.60. The van der Waals surface area contributed by atoms with Gasteiger partial charge in [0.25, 0.3) is 0 Å². The van der Waals surface area contributed by atoms with Crippen LogP contribution in [-0.2, 0) is 9.47 Å². The first-order chi connectivity index (χ1) is 16.1. The second kappa shape index (κ2) is 7.72. The Morgan fingerprint density at radius 1 is 1.03 bits per heavy atom. The van der Waals surface area contributed by atoms with Crippen molar-refractivity contribution < 1.29 is 13.9 Å². The molecule has 0 atom stereocenters. The number of fused-ring (bicyclic) bond motifs is 1. The van der Waals surface area contributed by atoms with Gasteiger partial charge in [-0.25, -0.2) is 14.5 Å². The van der Waals surface area contributed by atoms with E-state index in [0.717, 1.165) is 31.2 Å². The Labute approximate surface area is 188 Å². The van der Waals surface area contributed by atoms with Crippen LogP contribution in [0.4, 0.5) is 4.39 Å². The van der Waals surface area contributed by atoms with E-state index >= 15 is 0 Å². The van der Waals surface area contributed by atoms with Gasteiger partial charge in [0.15, 0.2) is 5.79 Å². The van der Waals surface area contributed by atoms with Crippen LogP contribution in [-0.4, -0.2) is 48.4 Å². The van der Waals surface area contributed by atoms with Crippen molar-refractivity contribution in [3.05, 3.63) is 54.6 Å². The summed E-state index contributed by atoms with van der Waals surface area (Å²) in [7, 11) is 0. The van der Waals surface area contributed by atoms with Crippen molar-refractivity contribution >= 4 is 5.52 Å². The molecule has 1 aliphatic heterocycles. The van der Waals surface area contributed by atoms with Crippen molar-refractivity contribution in [2.75, 3.05) is 13.2 Å². The molecule has 0 N–H and O–H groups in total. The Kier molecular flexibility index (Phi) is 4.67. The zero-order valence-corrected chi connectivity index (χ0v) is 17.7. The molecule has 1 spiro atoms. The first-order valence-corrected chi connectivity index (χ1v) is 10.9. The number of ether oxygens (including phenoxy) is 2. The maximum Gasteiger partial charge on any atom is 0.212 e. The van der Waals surface area contributed by atoms with E-state index in [0.29, 0.717) is 41.2 Å². The molecule has 0 unspecified atom stereocenters. The van der Waals surface area contributed by atoms with Gasteiger partial charge in [-0.1, -0.05) is 0 Å². The monoisotopic (exact) mass is 445 g/mol. The van der Waals surface area contributed by atoms with Crippen LogP contribution < -0.4 is 0 Å². The number of nitrogens with zero attached hydrogens (tertiary/aromatic N) is 7. The predicted molar refractivity (Wildman–Crippen MR) is 114 cm³/mol. The van der Waals surface area contributed by atoms with Gasteiger partial charge in [0.2, 0.25) is 5.95 Å². The Balaban J connectivity index is 1.35. The maximum atomic E-state index is 13.4. The molecule has 166 valence electrons. The molecule has 33 heavy (non-hydrogen) atoms. The third kappa shape index (κ3) is 3.46. The van der Waals surface area contributed by atoms with Crippen LogP contribution in [0.3, 0.4) is 0 Å². The summed E-state index contributed by atoms with van der Waals surface area (Å²) in [6, 6.07) is 5.27. The summed E-state index contributed by atoms with van der Waals surface area (Å²) in [5, 5.41) is 18.4. The minimum atomic E-state index is -0.580. The second-order valence-electron chi connectivity index (χ2n) is 8.36. The fourth-order valence-electron chi connectivity index (χ4n) is 4.71. The normalized spacial score (nSPS) is 18.2. The predicted octanol–water partition coefficient (Wildman–Crippen LogP) is 3.52. The van der Waals surface area contributed by atoms with Crippen molar-refractivity contribution in [1.29, 1.82) is 5.26 Å². The zero-order chi connectivity index (χ0) is 22.4. The summed E-state index contributed by atoms with van der Waals surface area (Å²) >= 11 is 0. The summed E-state index contributed by atoms with van der Waals surface area (Å²) in [6.07, 6.45) is 12.0. The standard InChI is InChI=1S/C23H20FN7O2/c24-20-2-1-15(10-26-20)21-22-16(9-25)11-28-31(22)14-19(29-21)17-12-27-30(13-17)18-3-5-23(6-4-18)32-7-8-33-23/h1-2,10-14,18H,3-8H2. The molecule has 1 saturated carbocycles. The van der Waals surface area contributed by atoms with Gasteiger partial charge in [0.05, 0.1) is 49.2 Å². The topological polar surface area (TPSA) is 103 Å². The van der Waals surface area contributed by atoms with E-state index in [-0.39, 0.29) is 6.04 Å². The molecule has 5 heterocycles. The van der Waals surface area contributed by atoms with Gasteiger partial charge >= 0.3 is 0 Å². The van der Waals surface area contributed by atoms with Gasteiger partial charge in [0, 0.05) is 36.4 Å². The molecule has 6 rings (SSSR count). The molecule has 0 bridgehead atoms. The Hall–Kier alpha value is -3.68. The largest absolute Gasteiger partial charge is 0.348 e. The molecule has 4 aromatic heterocycles. The number of hydrogen-bond donors (Lipinski definition) is 0. The molecule has 1 aliphatic carbocycles. The molecular weight excluding hydrogens is 425 g/mol. The third-order valence-corrected chi connectivity index (χ3v) is 6.42. The Morgan fingerprint density at radius 3 is 2.58 bits per heavy atom. The van der Waals surface area contributed by atoms with Crippen molar-refractivity contribution in [3.63, 3.8) is 0 Å². The van der Waals surface area contributed by atoms with E-state index in [9.17, 15) is 9.65 Å². The van der Waals surface area contributed by atoms with Crippen LogP contribution in [0, 0.1) is 17.3 Å². The summed E-state index contributed by atoms with van der Waals surface area (Å²) in [5.41, 5.74) is 3.53. The van der Waals surface area contributed by atoms with E-state index < -0.39 is 11.7 Å². The van der Waals surface area contributed by atoms with Crippen LogP contribution in [0.5, 0.6) is 0 Å². The maximum absolute atomic E-state index is 13.4. The van der Waals surface area contributed by atoms with Gasteiger partial charge in [-0.2, -0.15) is 19.8 Å². The average molecular weight is 445 g/mol. The van der Waals surface area contributed by atoms with Crippen LogP contribution in [0.1, 0.15) is 37.3 Å². The zero-order valence-electron chi connectivity index (χ0n) is 17.7. The lowest BCUT2D eigenvalue weighted by molar-refractivity contribution is -0.181. The van der Waals surface area contributed by atoms with E-state index in [4.69, 9.17) is 14.5 Å².